The van der Waals surface area contributed by atoms with Crippen LogP contribution in [0.3, 0.4) is 0 Å². The molecule has 0 unspecified atom stereocenters. The number of carbonyl (C=O) groups is 1. The fourth-order valence-electron chi connectivity index (χ4n) is 1.58. The van der Waals surface area contributed by atoms with E-state index in [4.69, 9.17) is 5.11 Å². The lowest BCUT2D eigenvalue weighted by molar-refractivity contribution is 0.0692. The number of nitrogens with one attached hydrogen (secondary N) is 1. The monoisotopic (exact) mass is 289 g/mol. The average molecular weight is 289 g/mol. The van der Waals surface area contributed by atoms with Crippen LogP contribution < -0.4 is 5.69 Å². The van der Waals surface area contributed by atoms with Crippen LogP contribution >= 0.6 is 11.8 Å². The predicted molar refractivity (Wildman–Crippen MR) is 68.9 cm³/mol. The molecule has 0 saturated heterocycles. The van der Waals surface area contributed by atoms with Crippen molar-refractivity contribution in [1.82, 2.24) is 24.6 Å². The number of nitrogens with zero attached hydrogens (tertiary/aromatic N) is 4. The van der Waals surface area contributed by atoms with E-state index in [0.717, 1.165) is 11.8 Å². The van der Waals surface area contributed by atoms with E-state index in [9.17, 15) is 9.59 Å². The van der Waals surface area contributed by atoms with Crippen molar-refractivity contribution in [3.8, 4) is 0 Å². The highest BCUT2D eigenvalue weighted by atomic mass is 32.2. The molecular weight excluding hydrogens is 282 g/mol. The van der Waals surface area contributed by atoms with Crippen molar-refractivity contribution >= 4 is 23.4 Å². The number of aromatic carboxylic acids is 1. The van der Waals surface area contributed by atoms with Crippen LogP contribution in [0.1, 0.15) is 10.4 Å². The lowest BCUT2D eigenvalue weighted by atomic mass is 10.3. The van der Waals surface area contributed by atoms with E-state index in [1.165, 1.54) is 23.0 Å². The van der Waals surface area contributed by atoms with Gasteiger partial charge in [-0.15, -0.1) is 0 Å². The van der Waals surface area contributed by atoms with Gasteiger partial charge >= 0.3 is 11.7 Å². The normalized spacial score (nSPS) is 10.8. The molecule has 3 rings (SSSR count). The molecule has 0 saturated carbocycles. The van der Waals surface area contributed by atoms with Gasteiger partial charge in [0.2, 0.25) is 0 Å². The van der Waals surface area contributed by atoms with Crippen molar-refractivity contribution in [2.75, 3.05) is 0 Å². The summed E-state index contributed by atoms with van der Waals surface area (Å²) in [6.45, 7) is 0. The number of hydrogen-bond donors (Lipinski definition) is 2. The Morgan fingerprint density at radius 1 is 1.40 bits per heavy atom. The third-order valence-electron chi connectivity index (χ3n) is 2.49. The molecule has 0 bridgehead atoms. The highest BCUT2D eigenvalue weighted by Crippen LogP contribution is 2.27. The zero-order valence-corrected chi connectivity index (χ0v) is 10.7. The Balaban J connectivity index is 2.01. The van der Waals surface area contributed by atoms with Crippen molar-refractivity contribution in [2.45, 2.75) is 10.1 Å². The first-order valence-corrected chi connectivity index (χ1v) is 6.26. The van der Waals surface area contributed by atoms with Gasteiger partial charge in [-0.3, -0.25) is 0 Å². The molecule has 0 aliphatic rings. The molecule has 0 aromatic carbocycles. The zero-order valence-electron chi connectivity index (χ0n) is 9.85. The molecule has 0 aliphatic heterocycles. The summed E-state index contributed by atoms with van der Waals surface area (Å²) in [6, 6.07) is 4.59. The van der Waals surface area contributed by atoms with Crippen LogP contribution in [0.2, 0.25) is 0 Å². The summed E-state index contributed by atoms with van der Waals surface area (Å²) in [5.74, 6) is -1.06. The molecule has 100 valence electrons. The van der Waals surface area contributed by atoms with E-state index >= 15 is 0 Å². The van der Waals surface area contributed by atoms with Gasteiger partial charge in [0.05, 0.1) is 5.56 Å². The maximum absolute atomic E-state index is 11.3. The van der Waals surface area contributed by atoms with Crippen LogP contribution in [-0.2, 0) is 0 Å². The Kier molecular flexibility index (Phi) is 2.95. The molecular formula is C11H7N5O3S. The van der Waals surface area contributed by atoms with Gasteiger partial charge in [-0.1, -0.05) is 0 Å². The first kappa shape index (κ1) is 12.4. The van der Waals surface area contributed by atoms with Gasteiger partial charge in [-0.2, -0.15) is 5.10 Å². The van der Waals surface area contributed by atoms with Crippen molar-refractivity contribution in [3.05, 3.63) is 46.8 Å². The molecule has 3 aromatic heterocycles. The number of hydrogen-bond acceptors (Lipinski definition) is 6. The van der Waals surface area contributed by atoms with Gasteiger partial charge in [-0.05, 0) is 23.9 Å². The van der Waals surface area contributed by atoms with Crippen LogP contribution in [0.5, 0.6) is 0 Å². The maximum Gasteiger partial charge on any atom is 0.348 e. The van der Waals surface area contributed by atoms with E-state index in [1.54, 1.807) is 12.1 Å². The molecule has 3 aromatic rings. The van der Waals surface area contributed by atoms with E-state index in [0.29, 0.717) is 15.7 Å². The van der Waals surface area contributed by atoms with Gasteiger partial charge in [0.25, 0.3) is 0 Å². The third-order valence-corrected chi connectivity index (χ3v) is 3.44. The van der Waals surface area contributed by atoms with Crippen molar-refractivity contribution in [3.63, 3.8) is 0 Å². The van der Waals surface area contributed by atoms with Crippen LogP contribution in [0, 0.1) is 0 Å². The highest BCUT2D eigenvalue weighted by Gasteiger charge is 2.13. The maximum atomic E-state index is 11.3. The molecule has 8 nitrogen and oxygen atoms in total. The van der Waals surface area contributed by atoms with Crippen molar-refractivity contribution in [2.24, 2.45) is 0 Å². The molecule has 0 amide bonds. The number of aromatic nitrogens is 5. The van der Waals surface area contributed by atoms with Crippen molar-refractivity contribution < 1.29 is 9.90 Å². The van der Waals surface area contributed by atoms with Crippen LogP contribution in [0.4, 0.5) is 0 Å². The molecule has 3 heterocycles. The molecule has 0 atom stereocenters. The standard InChI is InChI=1S/C11H7N5O3S/c17-10(18)6-2-1-3-12-9(6)20-8-4-7-14-15-11(19)16(7)5-13-8/h1-5H,(H,15,19)(H,17,18). The number of rotatable bonds is 3. The van der Waals surface area contributed by atoms with Crippen LogP contribution in [0.25, 0.3) is 5.65 Å². The minimum atomic E-state index is -1.06. The molecule has 0 aliphatic carbocycles. The Labute approximate surface area is 115 Å². The third kappa shape index (κ3) is 2.14. The minimum absolute atomic E-state index is 0.0959. The summed E-state index contributed by atoms with van der Waals surface area (Å²) in [6.07, 6.45) is 2.83. The van der Waals surface area contributed by atoms with E-state index in [1.807, 2.05) is 0 Å². The molecule has 0 radical (unpaired) electrons. The Morgan fingerprint density at radius 2 is 2.25 bits per heavy atom. The number of H-pyrrole nitrogens is 1. The quantitative estimate of drug-likeness (QED) is 0.681. The van der Waals surface area contributed by atoms with Gasteiger partial charge in [0.15, 0.2) is 5.65 Å². The summed E-state index contributed by atoms with van der Waals surface area (Å²) in [7, 11) is 0. The van der Waals surface area contributed by atoms with E-state index < -0.39 is 5.97 Å². The van der Waals surface area contributed by atoms with Gasteiger partial charge < -0.3 is 5.11 Å². The Morgan fingerprint density at radius 3 is 3.05 bits per heavy atom. The molecule has 2 N–H and O–H groups in total. The van der Waals surface area contributed by atoms with Gasteiger partial charge in [0, 0.05) is 12.3 Å². The number of carboxylic acids is 1. The van der Waals surface area contributed by atoms with E-state index in [2.05, 4.69) is 20.2 Å². The highest BCUT2D eigenvalue weighted by molar-refractivity contribution is 7.99. The lowest BCUT2D eigenvalue weighted by Crippen LogP contribution is -2.09. The summed E-state index contributed by atoms with van der Waals surface area (Å²) in [4.78, 5) is 30.5. The summed E-state index contributed by atoms with van der Waals surface area (Å²) in [5.41, 5.74) is 0.118. The lowest BCUT2D eigenvalue weighted by Gasteiger charge is -2.03. The smallest absolute Gasteiger partial charge is 0.348 e. The second kappa shape index (κ2) is 4.78. The molecule has 20 heavy (non-hydrogen) atoms. The van der Waals surface area contributed by atoms with Gasteiger partial charge in [0.1, 0.15) is 16.4 Å². The Bertz CT molecular complexity index is 856. The largest absolute Gasteiger partial charge is 0.478 e. The second-order valence-corrected chi connectivity index (χ2v) is 4.76. The van der Waals surface area contributed by atoms with Crippen molar-refractivity contribution in [1.29, 1.82) is 0 Å². The van der Waals surface area contributed by atoms with E-state index in [-0.39, 0.29) is 11.3 Å². The first-order chi connectivity index (χ1) is 9.65. The SMILES string of the molecule is O=C(O)c1cccnc1Sc1cc2n[nH]c(=O)n2cn1. The van der Waals surface area contributed by atoms with Gasteiger partial charge in [-0.25, -0.2) is 29.1 Å². The fraction of sp³-hybridized carbons (Fsp3) is 0. The summed E-state index contributed by atoms with van der Waals surface area (Å²) in [5, 5.41) is 16.0. The average Bonchev–Trinajstić information content (AvgIpc) is 2.80. The number of fused-ring (bicyclic) bond motifs is 1. The van der Waals surface area contributed by atoms with Crippen LogP contribution in [-0.4, -0.2) is 35.6 Å². The zero-order chi connectivity index (χ0) is 14.1. The molecule has 0 spiro atoms. The first-order valence-electron chi connectivity index (χ1n) is 5.44. The summed E-state index contributed by atoms with van der Waals surface area (Å²) >= 11 is 1.09. The Hall–Kier alpha value is -2.68. The summed E-state index contributed by atoms with van der Waals surface area (Å²) < 4.78 is 1.25. The number of carboxylic acid groups (broad SMARTS) is 1. The second-order valence-electron chi connectivity index (χ2n) is 3.75. The predicted octanol–water partition coefficient (Wildman–Crippen LogP) is 0.662. The molecule has 9 heteroatoms. The number of aromatic amines is 1. The molecule has 0 fully saturated rings. The topological polar surface area (TPSA) is 113 Å². The fourth-order valence-corrected chi connectivity index (χ4v) is 2.42. The van der Waals surface area contributed by atoms with Crippen LogP contribution in [0.15, 0.2) is 45.6 Å². The minimum Gasteiger partial charge on any atom is -0.478 e. The number of pyridine rings is 1.